The Balaban J connectivity index is 2.72. The molecule has 0 saturated heterocycles. The van der Waals surface area contributed by atoms with Crippen molar-refractivity contribution in [1.29, 1.82) is 0 Å². The highest BCUT2D eigenvalue weighted by atomic mass is 32.2. The van der Waals surface area contributed by atoms with Gasteiger partial charge in [-0.25, -0.2) is 13.1 Å². The third-order valence-corrected chi connectivity index (χ3v) is 3.62. The third-order valence-electron chi connectivity index (χ3n) is 2.24. The van der Waals surface area contributed by atoms with E-state index < -0.39 is 21.9 Å². The zero-order valence-electron chi connectivity index (χ0n) is 9.62. The van der Waals surface area contributed by atoms with Crippen LogP contribution in [0.4, 0.5) is 0 Å². The van der Waals surface area contributed by atoms with Gasteiger partial charge in [0.15, 0.2) is 0 Å². The van der Waals surface area contributed by atoms with E-state index in [0.717, 1.165) is 0 Å². The van der Waals surface area contributed by atoms with Crippen LogP contribution in [0.5, 0.6) is 0 Å². The minimum atomic E-state index is -3.67. The number of rotatable bonds is 6. The molecule has 0 amide bonds. The van der Waals surface area contributed by atoms with E-state index in [0.29, 0.717) is 6.54 Å². The lowest BCUT2D eigenvalue weighted by Crippen LogP contribution is -2.31. The van der Waals surface area contributed by atoms with E-state index in [1.54, 1.807) is 0 Å². The van der Waals surface area contributed by atoms with Gasteiger partial charge < -0.3 is 5.11 Å². The van der Waals surface area contributed by atoms with Crippen LogP contribution in [0.15, 0.2) is 17.3 Å². The van der Waals surface area contributed by atoms with Crippen LogP contribution in [0.1, 0.15) is 13.8 Å². The van der Waals surface area contributed by atoms with Crippen LogP contribution in [0.3, 0.4) is 0 Å². The van der Waals surface area contributed by atoms with Crippen molar-refractivity contribution in [3.8, 4) is 0 Å². The third kappa shape index (κ3) is 3.53. The number of carboxylic acid groups (broad SMARTS) is 1. The molecule has 1 unspecified atom stereocenters. The number of hydrogen-bond acceptors (Lipinski definition) is 4. The number of hydrogen-bond donors (Lipinski definition) is 2. The van der Waals surface area contributed by atoms with E-state index in [1.165, 1.54) is 24.0 Å². The van der Waals surface area contributed by atoms with Gasteiger partial charge in [-0.05, 0) is 6.92 Å². The predicted molar refractivity (Wildman–Crippen MR) is 59.9 cm³/mol. The quantitative estimate of drug-likeness (QED) is 0.744. The van der Waals surface area contributed by atoms with Crippen molar-refractivity contribution in [3.63, 3.8) is 0 Å². The molecule has 1 aromatic heterocycles. The first kappa shape index (κ1) is 13.7. The summed E-state index contributed by atoms with van der Waals surface area (Å²) in [6.45, 7) is 3.69. The zero-order chi connectivity index (χ0) is 13.1. The highest BCUT2D eigenvalue weighted by molar-refractivity contribution is 7.89. The van der Waals surface area contributed by atoms with Crippen molar-refractivity contribution in [2.75, 3.05) is 6.54 Å². The lowest BCUT2D eigenvalue weighted by atomic mass is 10.2. The van der Waals surface area contributed by atoms with E-state index in [9.17, 15) is 13.2 Å². The van der Waals surface area contributed by atoms with E-state index in [1.807, 2.05) is 6.92 Å². The Morgan fingerprint density at radius 3 is 2.76 bits per heavy atom. The van der Waals surface area contributed by atoms with Gasteiger partial charge in [-0.15, -0.1) is 0 Å². The van der Waals surface area contributed by atoms with Gasteiger partial charge >= 0.3 is 5.97 Å². The first-order valence-electron chi connectivity index (χ1n) is 5.11. The lowest BCUT2D eigenvalue weighted by molar-refractivity contribution is -0.140. The Hall–Kier alpha value is -1.41. The van der Waals surface area contributed by atoms with Gasteiger partial charge in [0, 0.05) is 19.3 Å². The Labute approximate surface area is 99.5 Å². The molecule has 0 fully saturated rings. The van der Waals surface area contributed by atoms with Gasteiger partial charge in [0.25, 0.3) is 0 Å². The van der Waals surface area contributed by atoms with E-state index in [-0.39, 0.29) is 11.4 Å². The average molecular weight is 261 g/mol. The summed E-state index contributed by atoms with van der Waals surface area (Å²) >= 11 is 0. The lowest BCUT2D eigenvalue weighted by Gasteiger charge is -2.07. The standard InChI is InChI=1S/C9H15N3O4S/c1-3-12-6-8(5-10-12)17(15,16)11-4-7(2)9(13)14/h5-7,11H,3-4H2,1-2H3,(H,13,14). The molecule has 0 aliphatic rings. The second-order valence-electron chi connectivity index (χ2n) is 3.62. The number of carboxylic acids is 1. The molecule has 7 nitrogen and oxygen atoms in total. The maximum atomic E-state index is 11.7. The summed E-state index contributed by atoms with van der Waals surface area (Å²) in [7, 11) is -3.67. The van der Waals surface area contributed by atoms with Crippen LogP contribution in [-0.4, -0.2) is 35.8 Å². The molecule has 1 atom stereocenters. The number of aliphatic carboxylic acids is 1. The Morgan fingerprint density at radius 2 is 2.29 bits per heavy atom. The van der Waals surface area contributed by atoms with Crippen molar-refractivity contribution in [2.45, 2.75) is 25.3 Å². The van der Waals surface area contributed by atoms with Gasteiger partial charge in [-0.1, -0.05) is 6.92 Å². The number of nitrogens with one attached hydrogen (secondary N) is 1. The summed E-state index contributed by atoms with van der Waals surface area (Å²) in [5, 5.41) is 12.5. The number of aromatic nitrogens is 2. The van der Waals surface area contributed by atoms with Crippen molar-refractivity contribution in [2.24, 2.45) is 5.92 Å². The fourth-order valence-corrected chi connectivity index (χ4v) is 2.14. The second-order valence-corrected chi connectivity index (χ2v) is 5.39. The Kier molecular flexibility index (Phi) is 4.24. The summed E-state index contributed by atoms with van der Waals surface area (Å²) in [4.78, 5) is 10.6. The molecule has 2 N–H and O–H groups in total. The van der Waals surface area contributed by atoms with Gasteiger partial charge in [0.2, 0.25) is 10.0 Å². The molecule has 0 aliphatic heterocycles. The van der Waals surface area contributed by atoms with Gasteiger partial charge in [0.1, 0.15) is 4.90 Å². The second kappa shape index (κ2) is 5.28. The fourth-order valence-electron chi connectivity index (χ4n) is 1.06. The molecule has 8 heteroatoms. The molecule has 96 valence electrons. The van der Waals surface area contributed by atoms with Crippen molar-refractivity contribution < 1.29 is 18.3 Å². The van der Waals surface area contributed by atoms with Crippen LogP contribution in [0.2, 0.25) is 0 Å². The first-order chi connectivity index (χ1) is 7.86. The molecule has 1 rings (SSSR count). The normalized spacial score (nSPS) is 13.5. The van der Waals surface area contributed by atoms with Crippen molar-refractivity contribution in [1.82, 2.24) is 14.5 Å². The van der Waals surface area contributed by atoms with Crippen LogP contribution in [0, 0.1) is 5.92 Å². The van der Waals surface area contributed by atoms with Gasteiger partial charge in [-0.2, -0.15) is 5.10 Å². The summed E-state index contributed by atoms with van der Waals surface area (Å²) in [6.07, 6.45) is 2.63. The number of nitrogens with zero attached hydrogens (tertiary/aromatic N) is 2. The van der Waals surface area contributed by atoms with Crippen molar-refractivity contribution in [3.05, 3.63) is 12.4 Å². The highest BCUT2D eigenvalue weighted by Gasteiger charge is 2.19. The van der Waals surface area contributed by atoms with Crippen LogP contribution >= 0.6 is 0 Å². The van der Waals surface area contributed by atoms with E-state index in [4.69, 9.17) is 5.11 Å². The molecule has 0 aromatic carbocycles. The van der Waals surface area contributed by atoms with Crippen LogP contribution in [0.25, 0.3) is 0 Å². The van der Waals surface area contributed by atoms with Crippen molar-refractivity contribution >= 4 is 16.0 Å². The summed E-state index contributed by atoms with van der Waals surface area (Å²) in [5.41, 5.74) is 0. The molecule has 0 radical (unpaired) electrons. The smallest absolute Gasteiger partial charge is 0.307 e. The van der Waals surface area contributed by atoms with E-state index in [2.05, 4.69) is 9.82 Å². The average Bonchev–Trinajstić information content (AvgIpc) is 2.75. The number of sulfonamides is 1. The largest absolute Gasteiger partial charge is 0.481 e. The molecule has 0 bridgehead atoms. The molecule has 17 heavy (non-hydrogen) atoms. The molecule has 0 aliphatic carbocycles. The first-order valence-corrected chi connectivity index (χ1v) is 6.60. The molecular weight excluding hydrogens is 246 g/mol. The maximum absolute atomic E-state index is 11.7. The Morgan fingerprint density at radius 1 is 1.65 bits per heavy atom. The molecular formula is C9H15N3O4S. The van der Waals surface area contributed by atoms with Gasteiger partial charge in [-0.3, -0.25) is 9.48 Å². The Bertz CT molecular complexity index is 494. The maximum Gasteiger partial charge on any atom is 0.307 e. The monoisotopic (exact) mass is 261 g/mol. The zero-order valence-corrected chi connectivity index (χ0v) is 10.4. The van der Waals surface area contributed by atoms with Crippen LogP contribution < -0.4 is 4.72 Å². The van der Waals surface area contributed by atoms with Crippen LogP contribution in [-0.2, 0) is 21.4 Å². The molecule has 1 aromatic rings. The minimum Gasteiger partial charge on any atom is -0.481 e. The molecule has 0 spiro atoms. The summed E-state index contributed by atoms with van der Waals surface area (Å²) < 4.78 is 27.2. The fraction of sp³-hybridized carbons (Fsp3) is 0.556. The molecule has 0 saturated carbocycles. The van der Waals surface area contributed by atoms with Gasteiger partial charge in [0.05, 0.1) is 12.1 Å². The SMILES string of the molecule is CCn1cc(S(=O)(=O)NCC(C)C(=O)O)cn1. The number of aryl methyl sites for hydroxylation is 1. The number of carbonyl (C=O) groups is 1. The molecule has 1 heterocycles. The highest BCUT2D eigenvalue weighted by Crippen LogP contribution is 2.07. The summed E-state index contributed by atoms with van der Waals surface area (Å²) in [5.74, 6) is -1.82. The predicted octanol–water partition coefficient (Wildman–Crippen LogP) is -0.0980. The minimum absolute atomic E-state index is 0.0388. The van der Waals surface area contributed by atoms with E-state index >= 15 is 0 Å². The topological polar surface area (TPSA) is 101 Å². The summed E-state index contributed by atoms with van der Waals surface area (Å²) in [6, 6.07) is 0.